The van der Waals surface area contributed by atoms with Crippen LogP contribution in [0.2, 0.25) is 0 Å². The first kappa shape index (κ1) is 14.7. The van der Waals surface area contributed by atoms with E-state index >= 15 is 0 Å². The van der Waals surface area contributed by atoms with Gasteiger partial charge in [0.2, 0.25) is 0 Å². The van der Waals surface area contributed by atoms with E-state index in [1.165, 1.54) is 22.3 Å². The van der Waals surface area contributed by atoms with E-state index in [9.17, 15) is 0 Å². The molecule has 3 aromatic rings. The maximum Gasteiger partial charge on any atom is 0.0269 e. The second kappa shape index (κ2) is 6.72. The third-order valence-electron chi connectivity index (χ3n) is 4.67. The smallest absolute Gasteiger partial charge is 0.0269 e. The SMILES string of the molecule is C1=CC(C=CC(c2ccccc2)c2ccccc2)c2ccccc21. The van der Waals surface area contributed by atoms with Crippen LogP contribution < -0.4 is 0 Å². The van der Waals surface area contributed by atoms with Gasteiger partial charge in [-0.15, -0.1) is 0 Å². The molecular weight excluding hydrogens is 288 g/mol. The predicted octanol–water partition coefficient (Wildman–Crippen LogP) is 6.19. The van der Waals surface area contributed by atoms with Crippen LogP contribution in [0.1, 0.15) is 34.1 Å². The second-order valence-corrected chi connectivity index (χ2v) is 6.20. The molecule has 0 nitrogen and oxygen atoms in total. The Morgan fingerprint density at radius 3 is 1.92 bits per heavy atom. The zero-order valence-corrected chi connectivity index (χ0v) is 13.5. The van der Waals surface area contributed by atoms with E-state index in [4.69, 9.17) is 0 Å². The summed E-state index contributed by atoms with van der Waals surface area (Å²) in [5.74, 6) is 0.657. The van der Waals surface area contributed by atoms with Crippen LogP contribution in [0, 0.1) is 0 Å². The first-order chi connectivity index (χ1) is 11.9. The van der Waals surface area contributed by atoms with Gasteiger partial charge in [-0.3, -0.25) is 0 Å². The Balaban J connectivity index is 1.67. The summed E-state index contributed by atoms with van der Waals surface area (Å²) in [5, 5.41) is 0. The lowest BCUT2D eigenvalue weighted by Crippen LogP contribution is -1.98. The highest BCUT2D eigenvalue weighted by Crippen LogP contribution is 2.33. The normalized spacial score (nSPS) is 16.0. The van der Waals surface area contributed by atoms with E-state index < -0.39 is 0 Å². The van der Waals surface area contributed by atoms with Gasteiger partial charge in [0, 0.05) is 11.8 Å². The van der Waals surface area contributed by atoms with Crippen LogP contribution in [0.5, 0.6) is 0 Å². The number of allylic oxidation sites excluding steroid dienone is 3. The predicted molar refractivity (Wildman–Crippen MR) is 102 cm³/mol. The largest absolute Gasteiger partial charge is 0.0763 e. The molecule has 0 bridgehead atoms. The molecule has 3 aromatic carbocycles. The molecule has 0 N–H and O–H groups in total. The fraction of sp³-hybridized carbons (Fsp3) is 0.0833. The monoisotopic (exact) mass is 308 g/mol. The zero-order chi connectivity index (χ0) is 16.2. The quantitative estimate of drug-likeness (QED) is 0.504. The Bertz CT molecular complexity index is 817. The molecule has 0 fully saturated rings. The number of hydrogen-bond acceptors (Lipinski definition) is 0. The third kappa shape index (κ3) is 2.96. The summed E-state index contributed by atoms with van der Waals surface area (Å²) in [6.45, 7) is 0. The van der Waals surface area contributed by atoms with Gasteiger partial charge in [-0.1, -0.05) is 109 Å². The summed E-state index contributed by atoms with van der Waals surface area (Å²) in [4.78, 5) is 0. The summed E-state index contributed by atoms with van der Waals surface area (Å²) in [6, 6.07) is 30.1. The first-order valence-corrected chi connectivity index (χ1v) is 8.47. The fourth-order valence-electron chi connectivity index (χ4n) is 3.41. The van der Waals surface area contributed by atoms with Crippen LogP contribution in [-0.2, 0) is 0 Å². The average molecular weight is 308 g/mol. The maximum absolute atomic E-state index is 2.35. The van der Waals surface area contributed by atoms with Crippen molar-refractivity contribution in [1.82, 2.24) is 0 Å². The zero-order valence-electron chi connectivity index (χ0n) is 13.5. The molecule has 0 aromatic heterocycles. The Morgan fingerprint density at radius 1 is 0.667 bits per heavy atom. The highest BCUT2D eigenvalue weighted by molar-refractivity contribution is 5.63. The lowest BCUT2D eigenvalue weighted by molar-refractivity contribution is 0.997. The number of rotatable bonds is 4. The van der Waals surface area contributed by atoms with Crippen molar-refractivity contribution in [2.45, 2.75) is 11.8 Å². The Labute approximate surface area is 143 Å². The van der Waals surface area contributed by atoms with E-state index in [2.05, 4.69) is 109 Å². The molecule has 0 saturated heterocycles. The van der Waals surface area contributed by atoms with Gasteiger partial charge in [-0.2, -0.15) is 0 Å². The minimum absolute atomic E-state index is 0.286. The van der Waals surface area contributed by atoms with Gasteiger partial charge < -0.3 is 0 Å². The Hall–Kier alpha value is -2.86. The summed E-state index contributed by atoms with van der Waals surface area (Å²) < 4.78 is 0. The van der Waals surface area contributed by atoms with Crippen molar-refractivity contribution in [3.63, 3.8) is 0 Å². The van der Waals surface area contributed by atoms with Gasteiger partial charge >= 0.3 is 0 Å². The Kier molecular flexibility index (Phi) is 4.12. The molecule has 1 aliphatic carbocycles. The minimum Gasteiger partial charge on any atom is -0.0763 e. The molecule has 1 atom stereocenters. The van der Waals surface area contributed by atoms with E-state index in [-0.39, 0.29) is 5.92 Å². The average Bonchev–Trinajstić information content (AvgIpc) is 3.07. The van der Waals surface area contributed by atoms with Crippen molar-refractivity contribution >= 4 is 6.08 Å². The van der Waals surface area contributed by atoms with E-state index in [1.54, 1.807) is 0 Å². The maximum atomic E-state index is 2.35. The molecule has 0 heterocycles. The van der Waals surface area contributed by atoms with Gasteiger partial charge in [0.05, 0.1) is 0 Å². The van der Waals surface area contributed by atoms with Crippen LogP contribution in [0.25, 0.3) is 6.08 Å². The molecule has 116 valence electrons. The van der Waals surface area contributed by atoms with Crippen molar-refractivity contribution in [2.75, 3.05) is 0 Å². The van der Waals surface area contributed by atoms with Crippen LogP contribution in [-0.4, -0.2) is 0 Å². The molecule has 4 rings (SSSR count). The summed E-state index contributed by atoms with van der Waals surface area (Å²) in [7, 11) is 0. The number of fused-ring (bicyclic) bond motifs is 1. The van der Waals surface area contributed by atoms with Crippen molar-refractivity contribution in [2.24, 2.45) is 0 Å². The molecule has 0 heteroatoms. The van der Waals surface area contributed by atoms with E-state index in [0.29, 0.717) is 5.92 Å². The van der Waals surface area contributed by atoms with Crippen molar-refractivity contribution in [3.05, 3.63) is 125 Å². The number of hydrogen-bond donors (Lipinski definition) is 0. The molecule has 24 heavy (non-hydrogen) atoms. The molecule has 0 radical (unpaired) electrons. The summed E-state index contributed by atoms with van der Waals surface area (Å²) in [6.07, 6.45) is 9.20. The molecule has 0 saturated carbocycles. The van der Waals surface area contributed by atoms with Gasteiger partial charge in [0.15, 0.2) is 0 Å². The highest BCUT2D eigenvalue weighted by Gasteiger charge is 2.15. The second-order valence-electron chi connectivity index (χ2n) is 6.20. The first-order valence-electron chi connectivity index (χ1n) is 8.47. The molecule has 0 aliphatic heterocycles. The minimum atomic E-state index is 0.286. The van der Waals surface area contributed by atoms with Crippen LogP contribution in [0.4, 0.5) is 0 Å². The summed E-state index contributed by atoms with van der Waals surface area (Å²) in [5.41, 5.74) is 5.39. The number of benzene rings is 3. The van der Waals surface area contributed by atoms with Gasteiger partial charge in [0.25, 0.3) is 0 Å². The van der Waals surface area contributed by atoms with E-state index in [1.807, 2.05) is 0 Å². The van der Waals surface area contributed by atoms with Crippen LogP contribution in [0.3, 0.4) is 0 Å². The van der Waals surface area contributed by atoms with Crippen molar-refractivity contribution in [1.29, 1.82) is 0 Å². The fourth-order valence-corrected chi connectivity index (χ4v) is 3.41. The van der Waals surface area contributed by atoms with Crippen molar-refractivity contribution in [3.8, 4) is 0 Å². The van der Waals surface area contributed by atoms with Crippen molar-refractivity contribution < 1.29 is 0 Å². The van der Waals surface area contributed by atoms with Crippen LogP contribution in [0.15, 0.2) is 103 Å². The lowest BCUT2D eigenvalue weighted by atomic mass is 9.89. The highest BCUT2D eigenvalue weighted by atomic mass is 14.2. The molecular formula is C24H20. The third-order valence-corrected chi connectivity index (χ3v) is 4.67. The lowest BCUT2D eigenvalue weighted by Gasteiger charge is -2.15. The molecule has 0 spiro atoms. The van der Waals surface area contributed by atoms with Gasteiger partial charge in [-0.05, 0) is 22.3 Å². The van der Waals surface area contributed by atoms with Gasteiger partial charge in [0.1, 0.15) is 0 Å². The molecule has 0 amide bonds. The Morgan fingerprint density at radius 2 is 1.25 bits per heavy atom. The molecule has 1 unspecified atom stereocenters. The standard InChI is InChI=1S/C24H20/c1-3-9-19(10-4-1)24(20-11-5-2-6-12-20)18-17-22-16-15-21-13-7-8-14-23(21)22/h1-18,22,24H. The van der Waals surface area contributed by atoms with Crippen LogP contribution >= 0.6 is 0 Å². The molecule has 1 aliphatic rings. The van der Waals surface area contributed by atoms with Gasteiger partial charge in [-0.25, -0.2) is 0 Å². The topological polar surface area (TPSA) is 0 Å². The van der Waals surface area contributed by atoms with E-state index in [0.717, 1.165) is 0 Å². The summed E-state index contributed by atoms with van der Waals surface area (Å²) >= 11 is 0.